The van der Waals surface area contributed by atoms with Crippen LogP contribution in [0.2, 0.25) is 0 Å². The summed E-state index contributed by atoms with van der Waals surface area (Å²) in [6.45, 7) is 5.63. The fraction of sp³-hybridized carbons (Fsp3) is 0.857. The normalized spacial score (nSPS) is 12.9. The quantitative estimate of drug-likeness (QED) is 0.479. The van der Waals surface area contributed by atoms with Crippen LogP contribution in [0.3, 0.4) is 0 Å². The lowest BCUT2D eigenvalue weighted by molar-refractivity contribution is 0.0405. The molecule has 4 heteroatoms. The van der Waals surface area contributed by atoms with E-state index < -0.39 is 0 Å². The van der Waals surface area contributed by atoms with Crippen molar-refractivity contribution in [2.24, 2.45) is 5.73 Å². The Kier molecular flexibility index (Phi) is 6.40. The predicted molar refractivity (Wildman–Crippen MR) is 48.7 cm³/mol. The molecule has 0 fully saturated rings. The third-order valence-corrected chi connectivity index (χ3v) is 1.53. The highest BCUT2D eigenvalue weighted by molar-refractivity contribution is 7.80. The van der Waals surface area contributed by atoms with Gasteiger partial charge in [-0.3, -0.25) is 0 Å². The lowest BCUT2D eigenvalue weighted by atomic mass is 10.4. The third kappa shape index (κ3) is 6.22. The maximum atomic E-state index is 5.32. The molecule has 0 saturated heterocycles. The van der Waals surface area contributed by atoms with Crippen LogP contribution in [0.5, 0.6) is 0 Å². The standard InChI is InChI=1S/C7H15NO2S/c1-3-9-4-5-10-6(2)7(8)11/h6H,3-5H2,1-2H3,(H2,8,11). The molecule has 0 aliphatic heterocycles. The van der Waals surface area contributed by atoms with E-state index in [1.807, 2.05) is 13.8 Å². The van der Waals surface area contributed by atoms with Gasteiger partial charge in [0.15, 0.2) is 0 Å². The van der Waals surface area contributed by atoms with Crippen LogP contribution in [0.4, 0.5) is 0 Å². The second kappa shape index (κ2) is 6.52. The fourth-order valence-electron chi connectivity index (χ4n) is 0.510. The first-order chi connectivity index (χ1) is 5.18. The lowest BCUT2D eigenvalue weighted by Gasteiger charge is -2.10. The molecule has 0 aromatic rings. The van der Waals surface area contributed by atoms with E-state index in [0.29, 0.717) is 24.8 Å². The molecule has 0 aromatic heterocycles. The predicted octanol–water partition coefficient (Wildman–Crippen LogP) is 0.714. The molecule has 0 bridgehead atoms. The molecular formula is C7H15NO2S. The van der Waals surface area contributed by atoms with E-state index in [1.54, 1.807) is 0 Å². The molecule has 3 nitrogen and oxygen atoms in total. The van der Waals surface area contributed by atoms with E-state index in [-0.39, 0.29) is 6.10 Å². The average molecular weight is 177 g/mol. The Morgan fingerprint density at radius 2 is 2.18 bits per heavy atom. The van der Waals surface area contributed by atoms with E-state index >= 15 is 0 Å². The highest BCUT2D eigenvalue weighted by Crippen LogP contribution is 1.90. The van der Waals surface area contributed by atoms with Gasteiger partial charge in [-0.15, -0.1) is 0 Å². The highest BCUT2D eigenvalue weighted by atomic mass is 32.1. The second-order valence-electron chi connectivity index (χ2n) is 2.11. The first-order valence-electron chi connectivity index (χ1n) is 3.67. The summed E-state index contributed by atoms with van der Waals surface area (Å²) in [5, 5.41) is 0. The van der Waals surface area contributed by atoms with Gasteiger partial charge < -0.3 is 15.2 Å². The average Bonchev–Trinajstić information content (AvgIpc) is 1.97. The summed E-state index contributed by atoms with van der Waals surface area (Å²) in [6, 6.07) is 0. The Labute approximate surface area is 72.9 Å². The monoisotopic (exact) mass is 177 g/mol. The van der Waals surface area contributed by atoms with Crippen molar-refractivity contribution in [2.75, 3.05) is 19.8 Å². The number of rotatable bonds is 6. The largest absolute Gasteiger partial charge is 0.391 e. The van der Waals surface area contributed by atoms with Crippen molar-refractivity contribution in [1.29, 1.82) is 0 Å². The zero-order valence-corrected chi connectivity index (χ0v) is 7.82. The van der Waals surface area contributed by atoms with Gasteiger partial charge in [-0.05, 0) is 13.8 Å². The minimum absolute atomic E-state index is 0.148. The van der Waals surface area contributed by atoms with Crippen molar-refractivity contribution in [3.8, 4) is 0 Å². The van der Waals surface area contributed by atoms with Crippen LogP contribution < -0.4 is 5.73 Å². The zero-order chi connectivity index (χ0) is 8.69. The molecule has 1 atom stereocenters. The van der Waals surface area contributed by atoms with Gasteiger partial charge in [0.1, 0.15) is 11.1 Å². The maximum Gasteiger partial charge on any atom is 0.105 e. The Morgan fingerprint density at radius 3 is 2.64 bits per heavy atom. The van der Waals surface area contributed by atoms with Crippen LogP contribution >= 0.6 is 12.2 Å². The van der Waals surface area contributed by atoms with Gasteiger partial charge >= 0.3 is 0 Å². The van der Waals surface area contributed by atoms with Crippen LogP contribution in [0.1, 0.15) is 13.8 Å². The summed E-state index contributed by atoms with van der Waals surface area (Å²) in [5.74, 6) is 0. The van der Waals surface area contributed by atoms with E-state index in [4.69, 9.17) is 27.4 Å². The lowest BCUT2D eigenvalue weighted by Crippen LogP contribution is -2.27. The number of thiocarbonyl (C=S) groups is 1. The summed E-state index contributed by atoms with van der Waals surface area (Å²) in [4.78, 5) is 0.390. The molecule has 66 valence electrons. The van der Waals surface area contributed by atoms with E-state index in [0.717, 1.165) is 0 Å². The number of nitrogens with two attached hydrogens (primary N) is 1. The van der Waals surface area contributed by atoms with Gasteiger partial charge in [0.2, 0.25) is 0 Å². The van der Waals surface area contributed by atoms with E-state index in [9.17, 15) is 0 Å². The fourth-order valence-corrected chi connectivity index (χ4v) is 0.578. The van der Waals surface area contributed by atoms with E-state index in [2.05, 4.69) is 0 Å². The van der Waals surface area contributed by atoms with Crippen LogP contribution in [-0.2, 0) is 9.47 Å². The van der Waals surface area contributed by atoms with Crippen LogP contribution in [0.25, 0.3) is 0 Å². The van der Waals surface area contributed by atoms with Gasteiger partial charge in [-0.1, -0.05) is 12.2 Å². The number of hydrogen-bond acceptors (Lipinski definition) is 3. The summed E-state index contributed by atoms with van der Waals surface area (Å²) < 4.78 is 10.3. The highest BCUT2D eigenvalue weighted by Gasteiger charge is 2.03. The van der Waals surface area contributed by atoms with Crippen molar-refractivity contribution in [3.63, 3.8) is 0 Å². The molecule has 0 spiro atoms. The minimum atomic E-state index is -0.148. The summed E-state index contributed by atoms with van der Waals surface area (Å²) in [7, 11) is 0. The molecule has 1 unspecified atom stereocenters. The first kappa shape index (κ1) is 10.8. The summed E-state index contributed by atoms with van der Waals surface area (Å²) in [5.41, 5.74) is 5.32. The molecule has 11 heavy (non-hydrogen) atoms. The molecule has 0 aromatic carbocycles. The van der Waals surface area contributed by atoms with Crippen molar-refractivity contribution in [1.82, 2.24) is 0 Å². The second-order valence-corrected chi connectivity index (χ2v) is 2.58. The molecule has 0 amide bonds. The van der Waals surface area contributed by atoms with Crippen molar-refractivity contribution in [2.45, 2.75) is 20.0 Å². The number of ether oxygens (including phenoxy) is 2. The molecular weight excluding hydrogens is 162 g/mol. The zero-order valence-electron chi connectivity index (χ0n) is 7.00. The van der Waals surface area contributed by atoms with Crippen LogP contribution in [-0.4, -0.2) is 30.9 Å². The van der Waals surface area contributed by atoms with Gasteiger partial charge in [-0.25, -0.2) is 0 Å². The molecule has 0 aliphatic carbocycles. The molecule has 0 saturated carbocycles. The molecule has 0 aliphatic rings. The molecule has 0 rings (SSSR count). The first-order valence-corrected chi connectivity index (χ1v) is 4.08. The Morgan fingerprint density at radius 1 is 1.55 bits per heavy atom. The smallest absolute Gasteiger partial charge is 0.105 e. The van der Waals surface area contributed by atoms with Gasteiger partial charge in [0.05, 0.1) is 13.2 Å². The van der Waals surface area contributed by atoms with Crippen molar-refractivity contribution in [3.05, 3.63) is 0 Å². The van der Waals surface area contributed by atoms with Crippen molar-refractivity contribution >= 4 is 17.2 Å². The Bertz CT molecular complexity index is 119. The van der Waals surface area contributed by atoms with E-state index in [1.165, 1.54) is 0 Å². The van der Waals surface area contributed by atoms with Crippen LogP contribution in [0, 0.1) is 0 Å². The van der Waals surface area contributed by atoms with Crippen molar-refractivity contribution < 1.29 is 9.47 Å². The number of hydrogen-bond donors (Lipinski definition) is 1. The molecule has 0 radical (unpaired) electrons. The van der Waals surface area contributed by atoms with Crippen LogP contribution in [0.15, 0.2) is 0 Å². The van der Waals surface area contributed by atoms with Gasteiger partial charge in [-0.2, -0.15) is 0 Å². The molecule has 2 N–H and O–H groups in total. The SMILES string of the molecule is CCOCCOC(C)C(N)=S. The Balaban J connectivity index is 3.17. The van der Waals surface area contributed by atoms with Gasteiger partial charge in [0, 0.05) is 6.61 Å². The summed E-state index contributed by atoms with van der Waals surface area (Å²) in [6.07, 6.45) is -0.148. The van der Waals surface area contributed by atoms with Gasteiger partial charge in [0.25, 0.3) is 0 Å². The minimum Gasteiger partial charge on any atom is -0.391 e. The molecule has 0 heterocycles. The Hall–Kier alpha value is -0.190. The topological polar surface area (TPSA) is 44.5 Å². The maximum absolute atomic E-state index is 5.32. The third-order valence-electron chi connectivity index (χ3n) is 1.20. The summed E-state index contributed by atoms with van der Waals surface area (Å²) >= 11 is 4.71.